The summed E-state index contributed by atoms with van der Waals surface area (Å²) in [5, 5.41) is 2.92. The van der Waals surface area contributed by atoms with E-state index in [9.17, 15) is 9.59 Å². The molecule has 5 nitrogen and oxygen atoms in total. The van der Waals surface area contributed by atoms with Gasteiger partial charge in [-0.25, -0.2) is 4.79 Å². The van der Waals surface area contributed by atoms with Gasteiger partial charge in [0.15, 0.2) is 0 Å². The number of hydrogen-bond donors (Lipinski definition) is 1. The van der Waals surface area contributed by atoms with Crippen LogP contribution in [0.25, 0.3) is 0 Å². The molecule has 2 atom stereocenters. The minimum Gasteiger partial charge on any atom is -0.445 e. The van der Waals surface area contributed by atoms with Crippen molar-refractivity contribution in [1.29, 1.82) is 0 Å². The van der Waals surface area contributed by atoms with E-state index in [-0.39, 0.29) is 11.6 Å². The Morgan fingerprint density at radius 2 is 1.95 bits per heavy atom. The lowest BCUT2D eigenvalue weighted by atomic mass is 9.98. The minimum atomic E-state index is -0.233. The SMILES string of the molecule is CC1(NC=O)CC2CN(C(=O)OCc3ccccc3)CC2C1. The topological polar surface area (TPSA) is 58.6 Å². The molecule has 1 saturated carbocycles. The number of ether oxygens (including phenoxy) is 1. The predicted octanol–water partition coefficient (Wildman–Crippen LogP) is 2.17. The van der Waals surface area contributed by atoms with Crippen molar-refractivity contribution in [3.63, 3.8) is 0 Å². The van der Waals surface area contributed by atoms with Crippen molar-refractivity contribution in [3.8, 4) is 0 Å². The Kier molecular flexibility index (Phi) is 4.05. The van der Waals surface area contributed by atoms with Gasteiger partial charge in [-0.1, -0.05) is 30.3 Å². The van der Waals surface area contributed by atoms with E-state index < -0.39 is 0 Å². The van der Waals surface area contributed by atoms with Gasteiger partial charge in [-0.05, 0) is 37.2 Å². The third kappa shape index (κ3) is 3.08. The largest absolute Gasteiger partial charge is 0.445 e. The molecule has 2 unspecified atom stereocenters. The highest BCUT2D eigenvalue weighted by Gasteiger charge is 2.47. The van der Waals surface area contributed by atoms with Gasteiger partial charge in [-0.2, -0.15) is 0 Å². The number of fused-ring (bicyclic) bond motifs is 1. The van der Waals surface area contributed by atoms with Crippen LogP contribution in [0.1, 0.15) is 25.3 Å². The molecule has 1 saturated heterocycles. The molecule has 1 heterocycles. The molecular formula is C17H22N2O3. The van der Waals surface area contributed by atoms with E-state index in [4.69, 9.17) is 4.74 Å². The second-order valence-corrected chi connectivity index (χ2v) is 6.70. The fourth-order valence-electron chi connectivity index (χ4n) is 3.86. The van der Waals surface area contributed by atoms with Crippen molar-refractivity contribution < 1.29 is 14.3 Å². The van der Waals surface area contributed by atoms with Crippen molar-refractivity contribution >= 4 is 12.5 Å². The molecule has 1 aliphatic heterocycles. The van der Waals surface area contributed by atoms with Crippen LogP contribution in [0.2, 0.25) is 0 Å². The summed E-state index contributed by atoms with van der Waals surface area (Å²) in [6.07, 6.45) is 2.41. The summed E-state index contributed by atoms with van der Waals surface area (Å²) < 4.78 is 5.39. The van der Waals surface area contributed by atoms with Crippen LogP contribution in [-0.2, 0) is 16.1 Å². The molecule has 1 aromatic rings. The van der Waals surface area contributed by atoms with Gasteiger partial charge in [0, 0.05) is 18.6 Å². The van der Waals surface area contributed by atoms with Crippen LogP contribution in [0, 0.1) is 11.8 Å². The van der Waals surface area contributed by atoms with Crippen LogP contribution in [0.3, 0.4) is 0 Å². The van der Waals surface area contributed by atoms with Gasteiger partial charge in [0.25, 0.3) is 0 Å². The molecule has 2 amide bonds. The van der Waals surface area contributed by atoms with Crippen LogP contribution in [0.5, 0.6) is 0 Å². The number of benzene rings is 1. The average molecular weight is 302 g/mol. The highest BCUT2D eigenvalue weighted by Crippen LogP contribution is 2.43. The lowest BCUT2D eigenvalue weighted by Gasteiger charge is -2.26. The van der Waals surface area contributed by atoms with E-state index in [1.807, 2.05) is 30.3 Å². The maximum absolute atomic E-state index is 12.2. The smallest absolute Gasteiger partial charge is 0.410 e. The first-order valence-corrected chi connectivity index (χ1v) is 7.77. The maximum atomic E-state index is 12.2. The van der Waals surface area contributed by atoms with Gasteiger partial charge in [-0.3, -0.25) is 4.79 Å². The van der Waals surface area contributed by atoms with Crippen LogP contribution < -0.4 is 5.32 Å². The van der Waals surface area contributed by atoms with Crippen molar-refractivity contribution in [1.82, 2.24) is 10.2 Å². The summed E-state index contributed by atoms with van der Waals surface area (Å²) in [5.74, 6) is 0.920. The number of likely N-dealkylation sites (tertiary alicyclic amines) is 1. The zero-order chi connectivity index (χ0) is 15.6. The van der Waals surface area contributed by atoms with E-state index in [2.05, 4.69) is 12.2 Å². The van der Waals surface area contributed by atoms with Gasteiger partial charge in [0.05, 0.1) is 0 Å². The monoisotopic (exact) mass is 302 g/mol. The van der Waals surface area contributed by atoms with Crippen molar-refractivity contribution in [2.75, 3.05) is 13.1 Å². The zero-order valence-electron chi connectivity index (χ0n) is 12.8. The van der Waals surface area contributed by atoms with Crippen molar-refractivity contribution in [2.24, 2.45) is 11.8 Å². The minimum absolute atomic E-state index is 0.114. The Balaban J connectivity index is 1.50. The van der Waals surface area contributed by atoms with E-state index in [1.54, 1.807) is 4.90 Å². The Morgan fingerprint density at radius 3 is 2.55 bits per heavy atom. The van der Waals surface area contributed by atoms with Crippen LogP contribution >= 0.6 is 0 Å². The van der Waals surface area contributed by atoms with Crippen molar-refractivity contribution in [3.05, 3.63) is 35.9 Å². The molecule has 118 valence electrons. The summed E-state index contributed by atoms with van der Waals surface area (Å²) in [5.41, 5.74) is 0.884. The molecule has 1 aliphatic carbocycles. The maximum Gasteiger partial charge on any atom is 0.410 e. The number of hydrogen-bond acceptors (Lipinski definition) is 3. The molecule has 0 radical (unpaired) electrons. The molecule has 3 rings (SSSR count). The highest BCUT2D eigenvalue weighted by atomic mass is 16.6. The van der Waals surface area contributed by atoms with E-state index in [1.165, 1.54) is 0 Å². The van der Waals surface area contributed by atoms with Gasteiger partial charge in [0.2, 0.25) is 6.41 Å². The molecule has 22 heavy (non-hydrogen) atoms. The van der Waals surface area contributed by atoms with Crippen LogP contribution in [0.4, 0.5) is 4.79 Å². The standard InChI is InChI=1S/C17H22N2O3/c1-17(18-12-20)7-14-9-19(10-15(14)8-17)16(21)22-11-13-5-3-2-4-6-13/h2-6,12,14-15H,7-11H2,1H3,(H,18,20). The number of nitrogens with one attached hydrogen (secondary N) is 1. The molecule has 1 N–H and O–H groups in total. The fourth-order valence-corrected chi connectivity index (χ4v) is 3.86. The van der Waals surface area contributed by atoms with Crippen molar-refractivity contribution in [2.45, 2.75) is 31.9 Å². The first-order chi connectivity index (χ1) is 10.6. The number of nitrogens with zero attached hydrogens (tertiary/aromatic N) is 1. The first-order valence-electron chi connectivity index (χ1n) is 7.77. The van der Waals surface area contributed by atoms with Gasteiger partial charge in [-0.15, -0.1) is 0 Å². The second-order valence-electron chi connectivity index (χ2n) is 6.70. The van der Waals surface area contributed by atoms with Gasteiger partial charge in [0.1, 0.15) is 6.61 Å². The number of carbonyl (C=O) groups excluding carboxylic acids is 2. The summed E-state index contributed by atoms with van der Waals surface area (Å²) in [4.78, 5) is 24.7. The summed E-state index contributed by atoms with van der Waals surface area (Å²) in [6.45, 7) is 3.86. The normalized spacial score (nSPS) is 30.0. The molecule has 0 spiro atoms. The van der Waals surface area contributed by atoms with Crippen LogP contribution in [0.15, 0.2) is 30.3 Å². The van der Waals surface area contributed by atoms with Gasteiger partial charge >= 0.3 is 6.09 Å². The molecule has 2 fully saturated rings. The number of carbonyl (C=O) groups is 2. The molecule has 1 aromatic carbocycles. The van der Waals surface area contributed by atoms with E-state index >= 15 is 0 Å². The molecule has 0 aromatic heterocycles. The molecular weight excluding hydrogens is 280 g/mol. The molecule has 5 heteroatoms. The third-order valence-electron chi connectivity index (χ3n) is 4.87. The lowest BCUT2D eigenvalue weighted by Crippen LogP contribution is -2.41. The zero-order valence-corrected chi connectivity index (χ0v) is 12.8. The van der Waals surface area contributed by atoms with Crippen LogP contribution in [-0.4, -0.2) is 36.0 Å². The van der Waals surface area contributed by atoms with E-state index in [0.29, 0.717) is 18.4 Å². The second kappa shape index (κ2) is 5.99. The summed E-state index contributed by atoms with van der Waals surface area (Å²) in [6, 6.07) is 9.71. The fraction of sp³-hybridized carbons (Fsp3) is 0.529. The highest BCUT2D eigenvalue weighted by molar-refractivity contribution is 5.68. The Labute approximate surface area is 130 Å². The third-order valence-corrected chi connectivity index (χ3v) is 4.87. The first kappa shape index (κ1) is 14.9. The average Bonchev–Trinajstić information content (AvgIpc) is 3.01. The Hall–Kier alpha value is -2.04. The number of amides is 2. The molecule has 0 bridgehead atoms. The molecule has 2 aliphatic rings. The Bertz CT molecular complexity index is 532. The quantitative estimate of drug-likeness (QED) is 0.867. The summed E-state index contributed by atoms with van der Waals surface area (Å²) in [7, 11) is 0. The lowest BCUT2D eigenvalue weighted by molar-refractivity contribution is -0.111. The Morgan fingerprint density at radius 1 is 1.32 bits per heavy atom. The van der Waals surface area contributed by atoms with Gasteiger partial charge < -0.3 is 15.0 Å². The summed E-state index contributed by atoms with van der Waals surface area (Å²) >= 11 is 0. The number of rotatable bonds is 4. The van der Waals surface area contributed by atoms with E-state index in [0.717, 1.165) is 37.9 Å². The predicted molar refractivity (Wildman–Crippen MR) is 82.0 cm³/mol.